The molecule has 2 rings (SSSR count). The van der Waals surface area contributed by atoms with Crippen LogP contribution in [0.25, 0.3) is 0 Å². The van der Waals surface area contributed by atoms with Crippen LogP contribution in [0.4, 0.5) is 0 Å². The zero-order valence-corrected chi connectivity index (χ0v) is 18.2. The maximum absolute atomic E-state index is 13.0. The van der Waals surface area contributed by atoms with Crippen molar-refractivity contribution >= 4 is 11.8 Å². The summed E-state index contributed by atoms with van der Waals surface area (Å²) in [5.41, 5.74) is 1.88. The summed E-state index contributed by atoms with van der Waals surface area (Å²) < 4.78 is 15.8. The largest absolute Gasteiger partial charge is 0.497 e. The second-order valence-electron chi connectivity index (χ2n) is 6.85. The maximum atomic E-state index is 13.0. The quantitative estimate of drug-likeness (QED) is 0.647. The number of methoxy groups -OCH3 is 3. The fraction of sp³-hybridized carbons (Fsp3) is 0.391. The van der Waals surface area contributed by atoms with Gasteiger partial charge in [-0.1, -0.05) is 18.2 Å². The molecule has 2 aromatic carbocycles. The number of carbonyl (C=O) groups is 2. The Bertz CT molecular complexity index is 851. The minimum Gasteiger partial charge on any atom is -0.497 e. The van der Waals surface area contributed by atoms with Crippen molar-refractivity contribution in [2.24, 2.45) is 0 Å². The number of rotatable bonds is 10. The summed E-state index contributed by atoms with van der Waals surface area (Å²) in [6, 6.07) is 12.5. The molecule has 0 spiro atoms. The molecule has 0 aliphatic carbocycles. The molecule has 0 bridgehead atoms. The summed E-state index contributed by atoms with van der Waals surface area (Å²) in [6.07, 6.45) is 0.797. The number of aryl methyl sites for hydroxylation is 1. The molecule has 0 aromatic heterocycles. The van der Waals surface area contributed by atoms with Crippen molar-refractivity contribution in [1.82, 2.24) is 10.2 Å². The van der Waals surface area contributed by atoms with Gasteiger partial charge in [0.15, 0.2) is 11.5 Å². The summed E-state index contributed by atoms with van der Waals surface area (Å²) in [5.74, 6) is 1.70. The highest BCUT2D eigenvalue weighted by molar-refractivity contribution is 5.87. The number of amides is 2. The van der Waals surface area contributed by atoms with Crippen LogP contribution in [0.1, 0.15) is 24.5 Å². The van der Waals surface area contributed by atoms with E-state index in [9.17, 15) is 9.59 Å². The molecule has 7 nitrogen and oxygen atoms in total. The number of benzene rings is 2. The molecule has 162 valence electrons. The average Bonchev–Trinajstić information content (AvgIpc) is 2.79. The van der Waals surface area contributed by atoms with Crippen LogP contribution >= 0.6 is 0 Å². The zero-order valence-electron chi connectivity index (χ0n) is 18.2. The van der Waals surface area contributed by atoms with E-state index >= 15 is 0 Å². The van der Waals surface area contributed by atoms with Crippen molar-refractivity contribution < 1.29 is 23.8 Å². The first-order chi connectivity index (χ1) is 14.4. The van der Waals surface area contributed by atoms with E-state index in [0.717, 1.165) is 16.9 Å². The predicted octanol–water partition coefficient (Wildman–Crippen LogP) is 2.81. The van der Waals surface area contributed by atoms with E-state index in [2.05, 4.69) is 5.32 Å². The number of likely N-dealkylation sites (N-methyl/N-ethyl adjacent to an activating group) is 1. The first-order valence-corrected chi connectivity index (χ1v) is 9.78. The topological polar surface area (TPSA) is 77.1 Å². The Labute approximate surface area is 177 Å². The van der Waals surface area contributed by atoms with Gasteiger partial charge in [-0.25, -0.2) is 0 Å². The Morgan fingerprint density at radius 2 is 1.57 bits per heavy atom. The molecule has 1 atom stereocenters. The zero-order chi connectivity index (χ0) is 22.1. The van der Waals surface area contributed by atoms with Crippen LogP contribution < -0.4 is 19.5 Å². The van der Waals surface area contributed by atoms with Gasteiger partial charge in [0.2, 0.25) is 11.8 Å². The van der Waals surface area contributed by atoms with E-state index in [1.54, 1.807) is 40.2 Å². The van der Waals surface area contributed by atoms with Gasteiger partial charge in [-0.3, -0.25) is 9.59 Å². The van der Waals surface area contributed by atoms with E-state index < -0.39 is 6.04 Å². The molecular weight excluding hydrogens is 384 g/mol. The predicted molar refractivity (Wildman–Crippen MR) is 115 cm³/mol. The Hall–Kier alpha value is -3.22. The minimum absolute atomic E-state index is 0.100. The molecule has 0 radical (unpaired) electrons. The smallest absolute Gasteiger partial charge is 0.242 e. The molecular formula is C23H30N2O5. The molecule has 0 saturated carbocycles. The van der Waals surface area contributed by atoms with Crippen molar-refractivity contribution in [1.29, 1.82) is 0 Å². The Kier molecular flexibility index (Phi) is 8.53. The van der Waals surface area contributed by atoms with Gasteiger partial charge in [-0.2, -0.15) is 0 Å². The molecule has 2 amide bonds. The van der Waals surface area contributed by atoms with Gasteiger partial charge in [0, 0.05) is 20.0 Å². The van der Waals surface area contributed by atoms with E-state index in [-0.39, 0.29) is 18.2 Å². The van der Waals surface area contributed by atoms with Crippen LogP contribution in [0, 0.1) is 0 Å². The molecule has 2 aromatic rings. The van der Waals surface area contributed by atoms with E-state index in [1.807, 2.05) is 42.5 Å². The Morgan fingerprint density at radius 3 is 2.13 bits per heavy atom. The summed E-state index contributed by atoms with van der Waals surface area (Å²) in [4.78, 5) is 26.9. The number of hydrogen-bond donors (Lipinski definition) is 1. The van der Waals surface area contributed by atoms with Gasteiger partial charge < -0.3 is 24.4 Å². The third-order valence-corrected chi connectivity index (χ3v) is 5.00. The third kappa shape index (κ3) is 5.89. The molecule has 0 saturated heterocycles. The van der Waals surface area contributed by atoms with Gasteiger partial charge in [-0.05, 0) is 48.7 Å². The van der Waals surface area contributed by atoms with Crippen LogP contribution in [0.2, 0.25) is 0 Å². The number of ether oxygens (including phenoxy) is 3. The fourth-order valence-corrected chi connectivity index (χ4v) is 3.15. The van der Waals surface area contributed by atoms with Crippen molar-refractivity contribution in [2.45, 2.75) is 32.4 Å². The summed E-state index contributed by atoms with van der Waals surface area (Å²) in [7, 11) is 6.33. The van der Waals surface area contributed by atoms with E-state index in [0.29, 0.717) is 24.5 Å². The lowest BCUT2D eigenvalue weighted by Gasteiger charge is -2.28. The number of nitrogens with one attached hydrogen (secondary N) is 1. The van der Waals surface area contributed by atoms with Crippen LogP contribution in [-0.2, 0) is 22.6 Å². The van der Waals surface area contributed by atoms with E-state index in [4.69, 9.17) is 14.2 Å². The normalized spacial score (nSPS) is 11.4. The number of nitrogens with zero attached hydrogens (tertiary/aromatic N) is 1. The maximum Gasteiger partial charge on any atom is 0.242 e. The molecule has 7 heteroatoms. The highest BCUT2D eigenvalue weighted by Gasteiger charge is 2.25. The lowest BCUT2D eigenvalue weighted by atomic mass is 10.1. The van der Waals surface area contributed by atoms with Crippen molar-refractivity contribution in [2.75, 3.05) is 28.4 Å². The Morgan fingerprint density at radius 1 is 0.933 bits per heavy atom. The fourth-order valence-electron chi connectivity index (χ4n) is 3.15. The second kappa shape index (κ2) is 11.1. The lowest BCUT2D eigenvalue weighted by Crippen LogP contribution is -2.46. The van der Waals surface area contributed by atoms with Crippen LogP contribution in [0.5, 0.6) is 17.2 Å². The SMILES string of the molecule is CNC(=O)[C@@H](C)N(Cc1ccc(OC)cc1)C(=O)CCc1ccc(OC)c(OC)c1. The van der Waals surface area contributed by atoms with Crippen LogP contribution in [0.15, 0.2) is 42.5 Å². The summed E-state index contributed by atoms with van der Waals surface area (Å²) in [5, 5.41) is 2.62. The highest BCUT2D eigenvalue weighted by atomic mass is 16.5. The molecule has 30 heavy (non-hydrogen) atoms. The van der Waals surface area contributed by atoms with Crippen molar-refractivity contribution in [3.05, 3.63) is 53.6 Å². The number of hydrogen-bond acceptors (Lipinski definition) is 5. The van der Waals surface area contributed by atoms with E-state index in [1.165, 1.54) is 0 Å². The standard InChI is InChI=1S/C23H30N2O5/c1-16(23(27)24-2)25(15-18-6-10-19(28-3)11-7-18)22(26)13-9-17-8-12-20(29-4)21(14-17)30-5/h6-8,10-12,14,16H,9,13,15H2,1-5H3,(H,24,27)/t16-/m1/s1. The van der Waals surface area contributed by atoms with Crippen molar-refractivity contribution in [3.8, 4) is 17.2 Å². The number of carbonyl (C=O) groups excluding carboxylic acids is 2. The monoisotopic (exact) mass is 414 g/mol. The van der Waals surface area contributed by atoms with Gasteiger partial charge in [-0.15, -0.1) is 0 Å². The molecule has 0 fully saturated rings. The van der Waals surface area contributed by atoms with Crippen molar-refractivity contribution in [3.63, 3.8) is 0 Å². The van der Waals surface area contributed by atoms with Gasteiger partial charge >= 0.3 is 0 Å². The second-order valence-corrected chi connectivity index (χ2v) is 6.85. The first kappa shape index (κ1) is 23.1. The Balaban J connectivity index is 2.14. The molecule has 0 heterocycles. The van der Waals surface area contributed by atoms with Gasteiger partial charge in [0.05, 0.1) is 21.3 Å². The van der Waals surface area contributed by atoms with Crippen LogP contribution in [-0.4, -0.2) is 51.1 Å². The molecule has 0 aliphatic rings. The minimum atomic E-state index is -0.588. The summed E-state index contributed by atoms with van der Waals surface area (Å²) in [6.45, 7) is 2.07. The average molecular weight is 415 g/mol. The molecule has 1 N–H and O–H groups in total. The highest BCUT2D eigenvalue weighted by Crippen LogP contribution is 2.28. The van der Waals surface area contributed by atoms with Crippen LogP contribution in [0.3, 0.4) is 0 Å². The van der Waals surface area contributed by atoms with Gasteiger partial charge in [0.1, 0.15) is 11.8 Å². The molecule has 0 unspecified atom stereocenters. The summed E-state index contributed by atoms with van der Waals surface area (Å²) >= 11 is 0. The molecule has 0 aliphatic heterocycles. The van der Waals surface area contributed by atoms with Gasteiger partial charge in [0.25, 0.3) is 0 Å². The lowest BCUT2D eigenvalue weighted by molar-refractivity contribution is -0.140. The third-order valence-electron chi connectivity index (χ3n) is 5.00. The first-order valence-electron chi connectivity index (χ1n) is 9.78.